The summed E-state index contributed by atoms with van der Waals surface area (Å²) in [5, 5.41) is 0. The Kier molecular flexibility index (Phi) is 4.29. The highest BCUT2D eigenvalue weighted by Gasteiger charge is 2.30. The van der Waals surface area contributed by atoms with Crippen molar-refractivity contribution in [2.24, 2.45) is 11.7 Å². The van der Waals surface area contributed by atoms with Crippen molar-refractivity contribution in [3.63, 3.8) is 0 Å². The summed E-state index contributed by atoms with van der Waals surface area (Å²) in [4.78, 5) is 0.248. The summed E-state index contributed by atoms with van der Waals surface area (Å²) in [7, 11) is -3.60. The quantitative estimate of drug-likeness (QED) is 0.875. The fourth-order valence-corrected chi connectivity index (χ4v) is 4.80. The topological polar surface area (TPSA) is 90.7 Å². The third-order valence-electron chi connectivity index (χ3n) is 4.48. The number of nitrogens with two attached hydrogens (primary N) is 1. The standard InChI is InChI=1S/C15H22N2O4S/c1-10-6-13-14(21-9-20-13)7-15(10)22(18,19)17-12-5-3-2-4-11(12)8-16/h6-7,11-12,17H,2-5,8-9,16H2,1H3. The third-order valence-corrected chi connectivity index (χ3v) is 6.11. The van der Waals surface area contributed by atoms with Gasteiger partial charge in [-0.15, -0.1) is 0 Å². The Labute approximate surface area is 131 Å². The average Bonchev–Trinajstić information content (AvgIpc) is 2.93. The monoisotopic (exact) mass is 326 g/mol. The lowest BCUT2D eigenvalue weighted by Gasteiger charge is -2.31. The molecule has 1 aliphatic heterocycles. The van der Waals surface area contributed by atoms with Crippen molar-refractivity contribution >= 4 is 10.0 Å². The van der Waals surface area contributed by atoms with Crippen molar-refractivity contribution in [3.8, 4) is 11.5 Å². The highest BCUT2D eigenvalue weighted by molar-refractivity contribution is 7.89. The summed E-state index contributed by atoms with van der Waals surface area (Å²) < 4.78 is 38.9. The Bertz CT molecular complexity index is 660. The van der Waals surface area contributed by atoms with E-state index in [1.165, 1.54) is 0 Å². The molecule has 0 saturated heterocycles. The van der Waals surface area contributed by atoms with Crippen molar-refractivity contribution in [1.29, 1.82) is 0 Å². The van der Waals surface area contributed by atoms with E-state index in [2.05, 4.69) is 4.72 Å². The first kappa shape index (κ1) is 15.6. The van der Waals surface area contributed by atoms with Crippen LogP contribution in [0.4, 0.5) is 0 Å². The summed E-state index contributed by atoms with van der Waals surface area (Å²) in [6, 6.07) is 3.16. The minimum atomic E-state index is -3.60. The van der Waals surface area contributed by atoms with E-state index in [9.17, 15) is 8.42 Å². The van der Waals surface area contributed by atoms with Crippen LogP contribution in [-0.4, -0.2) is 27.8 Å². The van der Waals surface area contributed by atoms with Crippen molar-refractivity contribution in [2.75, 3.05) is 13.3 Å². The van der Waals surface area contributed by atoms with Crippen LogP contribution in [0.2, 0.25) is 0 Å². The van der Waals surface area contributed by atoms with Gasteiger partial charge in [0, 0.05) is 12.1 Å². The number of fused-ring (bicyclic) bond motifs is 1. The molecule has 1 saturated carbocycles. The molecule has 0 radical (unpaired) electrons. The molecule has 122 valence electrons. The first-order valence-corrected chi connectivity index (χ1v) is 9.12. The smallest absolute Gasteiger partial charge is 0.241 e. The Morgan fingerprint density at radius 2 is 1.91 bits per heavy atom. The average molecular weight is 326 g/mol. The Balaban J connectivity index is 1.86. The van der Waals surface area contributed by atoms with Gasteiger partial charge >= 0.3 is 0 Å². The van der Waals surface area contributed by atoms with Gasteiger partial charge in [-0.25, -0.2) is 13.1 Å². The Hall–Kier alpha value is -1.31. The summed E-state index contributed by atoms with van der Waals surface area (Å²) in [5.41, 5.74) is 6.43. The number of sulfonamides is 1. The number of rotatable bonds is 4. The largest absolute Gasteiger partial charge is 0.454 e. The van der Waals surface area contributed by atoms with E-state index in [-0.39, 0.29) is 23.6 Å². The van der Waals surface area contributed by atoms with Gasteiger partial charge in [0.25, 0.3) is 0 Å². The number of aryl methyl sites for hydroxylation is 1. The zero-order valence-corrected chi connectivity index (χ0v) is 13.5. The second-order valence-electron chi connectivity index (χ2n) is 5.98. The molecule has 1 heterocycles. The predicted molar refractivity (Wildman–Crippen MR) is 82.4 cm³/mol. The van der Waals surface area contributed by atoms with Crippen LogP contribution < -0.4 is 19.9 Å². The summed E-state index contributed by atoms with van der Waals surface area (Å²) >= 11 is 0. The summed E-state index contributed by atoms with van der Waals surface area (Å²) in [6.45, 7) is 2.40. The Morgan fingerprint density at radius 1 is 1.23 bits per heavy atom. The third kappa shape index (κ3) is 2.93. The second-order valence-corrected chi connectivity index (χ2v) is 7.66. The minimum absolute atomic E-state index is 0.0893. The molecule has 3 rings (SSSR count). The van der Waals surface area contributed by atoms with E-state index < -0.39 is 10.0 Å². The normalized spacial score (nSPS) is 24.5. The molecule has 0 bridgehead atoms. The molecule has 1 aromatic rings. The lowest BCUT2D eigenvalue weighted by Crippen LogP contribution is -2.44. The van der Waals surface area contributed by atoms with Crippen LogP contribution in [0.5, 0.6) is 11.5 Å². The highest BCUT2D eigenvalue weighted by atomic mass is 32.2. The molecule has 2 atom stereocenters. The first-order chi connectivity index (χ1) is 10.5. The van der Waals surface area contributed by atoms with Gasteiger partial charge in [0.15, 0.2) is 11.5 Å². The van der Waals surface area contributed by atoms with Crippen molar-refractivity contribution in [1.82, 2.24) is 4.72 Å². The van der Waals surface area contributed by atoms with Gasteiger partial charge in [0.1, 0.15) is 0 Å². The van der Waals surface area contributed by atoms with Gasteiger partial charge in [-0.05, 0) is 43.9 Å². The maximum atomic E-state index is 12.7. The van der Waals surface area contributed by atoms with Crippen LogP contribution in [0.1, 0.15) is 31.2 Å². The van der Waals surface area contributed by atoms with Gasteiger partial charge in [0.2, 0.25) is 16.8 Å². The number of nitrogens with one attached hydrogen (secondary N) is 1. The number of benzene rings is 1. The maximum absolute atomic E-state index is 12.7. The van der Waals surface area contributed by atoms with Gasteiger partial charge in [0.05, 0.1) is 4.90 Å². The Morgan fingerprint density at radius 3 is 2.64 bits per heavy atom. The van der Waals surface area contributed by atoms with Crippen LogP contribution >= 0.6 is 0 Å². The molecule has 22 heavy (non-hydrogen) atoms. The molecule has 1 aromatic carbocycles. The van der Waals surface area contributed by atoms with E-state index >= 15 is 0 Å². The van der Waals surface area contributed by atoms with Crippen molar-refractivity contribution in [3.05, 3.63) is 17.7 Å². The number of ether oxygens (including phenoxy) is 2. The number of hydrogen-bond acceptors (Lipinski definition) is 5. The molecule has 1 fully saturated rings. The molecule has 0 spiro atoms. The van der Waals surface area contributed by atoms with Crippen LogP contribution in [0.15, 0.2) is 17.0 Å². The van der Waals surface area contributed by atoms with Gasteiger partial charge in [-0.2, -0.15) is 0 Å². The molecule has 1 aliphatic carbocycles. The molecule has 0 amide bonds. The molecular formula is C15H22N2O4S. The molecular weight excluding hydrogens is 304 g/mol. The zero-order chi connectivity index (χ0) is 15.7. The number of hydrogen-bond donors (Lipinski definition) is 2. The summed E-state index contributed by atoms with van der Waals surface area (Å²) in [6.07, 6.45) is 3.96. The molecule has 7 heteroatoms. The van der Waals surface area contributed by atoms with Crippen LogP contribution in [0, 0.1) is 12.8 Å². The SMILES string of the molecule is Cc1cc2c(cc1S(=O)(=O)NC1CCCCC1CN)OCO2. The minimum Gasteiger partial charge on any atom is -0.454 e. The van der Waals surface area contributed by atoms with Crippen molar-refractivity contribution in [2.45, 2.75) is 43.5 Å². The van der Waals surface area contributed by atoms with Gasteiger partial charge < -0.3 is 15.2 Å². The molecule has 6 nitrogen and oxygen atoms in total. The zero-order valence-electron chi connectivity index (χ0n) is 12.7. The van der Waals surface area contributed by atoms with Gasteiger partial charge in [-0.3, -0.25) is 0 Å². The van der Waals surface area contributed by atoms with E-state index in [1.807, 2.05) is 0 Å². The molecule has 3 N–H and O–H groups in total. The van der Waals surface area contributed by atoms with E-state index in [1.54, 1.807) is 19.1 Å². The van der Waals surface area contributed by atoms with E-state index in [0.29, 0.717) is 23.6 Å². The highest BCUT2D eigenvalue weighted by Crippen LogP contribution is 2.36. The maximum Gasteiger partial charge on any atom is 0.241 e. The second kappa shape index (κ2) is 6.06. The van der Waals surface area contributed by atoms with E-state index in [4.69, 9.17) is 15.2 Å². The summed E-state index contributed by atoms with van der Waals surface area (Å²) in [5.74, 6) is 1.27. The van der Waals surface area contributed by atoms with Crippen LogP contribution in [-0.2, 0) is 10.0 Å². The van der Waals surface area contributed by atoms with Crippen LogP contribution in [0.3, 0.4) is 0 Å². The van der Waals surface area contributed by atoms with Gasteiger partial charge in [-0.1, -0.05) is 12.8 Å². The van der Waals surface area contributed by atoms with E-state index in [0.717, 1.165) is 25.7 Å². The first-order valence-electron chi connectivity index (χ1n) is 7.64. The van der Waals surface area contributed by atoms with Crippen molar-refractivity contribution < 1.29 is 17.9 Å². The van der Waals surface area contributed by atoms with Crippen LogP contribution in [0.25, 0.3) is 0 Å². The lowest BCUT2D eigenvalue weighted by molar-refractivity contribution is 0.174. The fraction of sp³-hybridized carbons (Fsp3) is 0.600. The fourth-order valence-electron chi connectivity index (χ4n) is 3.22. The molecule has 2 aliphatic rings. The predicted octanol–water partition coefficient (Wildman–Crippen LogP) is 1.52. The lowest BCUT2D eigenvalue weighted by atomic mass is 9.85. The molecule has 0 aromatic heterocycles. The molecule has 2 unspecified atom stereocenters.